The summed E-state index contributed by atoms with van der Waals surface area (Å²) in [6.07, 6.45) is 12.8. The average molecular weight is 283 g/mol. The van der Waals surface area contributed by atoms with E-state index in [1.807, 2.05) is 0 Å². The smallest absolute Gasteiger partial charge is 0.0320 e. The topological polar surface area (TPSA) is 12.0 Å². The number of hydrogen-bond donors (Lipinski definition) is 1. The number of benzene rings is 1. The zero-order valence-corrected chi connectivity index (χ0v) is 13.4. The first-order chi connectivity index (χ1) is 10.3. The van der Waals surface area contributed by atoms with Crippen LogP contribution in [0.15, 0.2) is 18.2 Å². The molecule has 4 atom stereocenters. The lowest BCUT2D eigenvalue weighted by atomic mass is 9.81. The third kappa shape index (κ3) is 2.65. The van der Waals surface area contributed by atoms with Crippen molar-refractivity contribution in [2.24, 2.45) is 17.8 Å². The lowest BCUT2D eigenvalue weighted by molar-refractivity contribution is 0.284. The van der Waals surface area contributed by atoms with Crippen LogP contribution in [0.5, 0.6) is 0 Å². The minimum absolute atomic E-state index is 0.571. The van der Waals surface area contributed by atoms with E-state index in [9.17, 15) is 0 Å². The van der Waals surface area contributed by atoms with Crippen molar-refractivity contribution in [1.82, 2.24) is 5.32 Å². The molecule has 2 bridgehead atoms. The molecule has 1 aromatic rings. The highest BCUT2D eigenvalue weighted by atomic mass is 14.9. The van der Waals surface area contributed by atoms with Crippen LogP contribution in [-0.2, 0) is 12.8 Å². The Morgan fingerprint density at radius 2 is 1.95 bits per heavy atom. The van der Waals surface area contributed by atoms with E-state index in [0.29, 0.717) is 6.04 Å². The fourth-order valence-electron chi connectivity index (χ4n) is 5.36. The van der Waals surface area contributed by atoms with Crippen molar-refractivity contribution in [2.45, 2.75) is 63.8 Å². The highest BCUT2D eigenvalue weighted by Crippen LogP contribution is 2.51. The lowest BCUT2D eigenvalue weighted by Crippen LogP contribution is -2.23. The Morgan fingerprint density at radius 3 is 2.67 bits per heavy atom. The summed E-state index contributed by atoms with van der Waals surface area (Å²) < 4.78 is 0. The van der Waals surface area contributed by atoms with E-state index in [1.165, 1.54) is 57.8 Å². The van der Waals surface area contributed by atoms with E-state index in [1.54, 1.807) is 16.7 Å². The van der Waals surface area contributed by atoms with E-state index in [2.05, 4.69) is 30.6 Å². The van der Waals surface area contributed by atoms with Gasteiger partial charge >= 0.3 is 0 Å². The van der Waals surface area contributed by atoms with Crippen LogP contribution < -0.4 is 5.32 Å². The summed E-state index contributed by atoms with van der Waals surface area (Å²) in [6, 6.07) is 7.90. The maximum absolute atomic E-state index is 3.61. The second-order valence-corrected chi connectivity index (χ2v) is 7.75. The second-order valence-electron chi connectivity index (χ2n) is 7.75. The van der Waals surface area contributed by atoms with E-state index in [4.69, 9.17) is 0 Å². The van der Waals surface area contributed by atoms with Crippen LogP contribution in [0, 0.1) is 17.8 Å². The van der Waals surface area contributed by atoms with Crippen LogP contribution in [0.4, 0.5) is 0 Å². The van der Waals surface area contributed by atoms with E-state index >= 15 is 0 Å². The SMILES string of the molecule is CNC(CC1CC2CCC1C2)c1ccc2c(c1)CCCC2. The normalized spacial score (nSPS) is 32.1. The molecule has 2 fully saturated rings. The molecular weight excluding hydrogens is 254 g/mol. The van der Waals surface area contributed by atoms with Crippen LogP contribution in [0.25, 0.3) is 0 Å². The molecule has 4 rings (SSSR count). The number of hydrogen-bond acceptors (Lipinski definition) is 1. The van der Waals surface area contributed by atoms with Gasteiger partial charge in [0.2, 0.25) is 0 Å². The molecule has 3 aliphatic rings. The molecular formula is C20H29N. The van der Waals surface area contributed by atoms with Crippen LogP contribution in [-0.4, -0.2) is 7.05 Å². The van der Waals surface area contributed by atoms with Crippen molar-refractivity contribution in [3.05, 3.63) is 34.9 Å². The first-order valence-electron chi connectivity index (χ1n) is 9.12. The minimum atomic E-state index is 0.571. The molecule has 3 aliphatic carbocycles. The summed E-state index contributed by atoms with van der Waals surface area (Å²) in [7, 11) is 2.15. The Morgan fingerprint density at radius 1 is 1.10 bits per heavy atom. The van der Waals surface area contributed by atoms with Crippen LogP contribution in [0.2, 0.25) is 0 Å². The summed E-state index contributed by atoms with van der Waals surface area (Å²) in [5, 5.41) is 3.61. The van der Waals surface area contributed by atoms with Gasteiger partial charge in [-0.2, -0.15) is 0 Å². The molecule has 1 aromatic carbocycles. The van der Waals surface area contributed by atoms with Gasteiger partial charge in [-0.15, -0.1) is 0 Å². The van der Waals surface area contributed by atoms with Gasteiger partial charge in [-0.1, -0.05) is 24.6 Å². The zero-order valence-electron chi connectivity index (χ0n) is 13.4. The number of rotatable bonds is 4. The molecule has 0 aliphatic heterocycles. The Labute approximate surface area is 129 Å². The van der Waals surface area contributed by atoms with Gasteiger partial charge in [0, 0.05) is 6.04 Å². The van der Waals surface area contributed by atoms with Gasteiger partial charge in [-0.3, -0.25) is 0 Å². The third-order valence-corrected chi connectivity index (χ3v) is 6.55. The number of fused-ring (bicyclic) bond motifs is 3. The first-order valence-corrected chi connectivity index (χ1v) is 9.12. The molecule has 21 heavy (non-hydrogen) atoms. The second kappa shape index (κ2) is 5.76. The van der Waals surface area contributed by atoms with E-state index in [-0.39, 0.29) is 0 Å². The average Bonchev–Trinajstić information content (AvgIpc) is 3.15. The van der Waals surface area contributed by atoms with Crippen molar-refractivity contribution in [2.75, 3.05) is 7.05 Å². The van der Waals surface area contributed by atoms with Crippen molar-refractivity contribution in [3.63, 3.8) is 0 Å². The van der Waals surface area contributed by atoms with Gasteiger partial charge in [-0.05, 0) is 92.9 Å². The van der Waals surface area contributed by atoms with Gasteiger partial charge in [0.15, 0.2) is 0 Å². The van der Waals surface area contributed by atoms with Crippen molar-refractivity contribution in [3.8, 4) is 0 Å². The molecule has 1 N–H and O–H groups in total. The predicted octanol–water partition coefficient (Wildman–Crippen LogP) is 4.65. The predicted molar refractivity (Wildman–Crippen MR) is 88.4 cm³/mol. The standard InChI is InChI=1S/C20H29N/c1-21-20(13-19-11-14-6-7-17(19)10-14)18-9-8-15-4-2-3-5-16(15)12-18/h8-9,12,14,17,19-21H,2-7,10-11,13H2,1H3. The summed E-state index contributed by atoms with van der Waals surface area (Å²) in [5.41, 5.74) is 4.78. The fourth-order valence-corrected chi connectivity index (χ4v) is 5.36. The minimum Gasteiger partial charge on any atom is -0.313 e. The van der Waals surface area contributed by atoms with E-state index in [0.717, 1.165) is 17.8 Å². The molecule has 0 amide bonds. The first kappa shape index (κ1) is 13.8. The quantitative estimate of drug-likeness (QED) is 0.848. The molecule has 0 heterocycles. The Kier molecular flexibility index (Phi) is 3.79. The molecule has 1 nitrogen and oxygen atoms in total. The van der Waals surface area contributed by atoms with Crippen LogP contribution >= 0.6 is 0 Å². The molecule has 2 saturated carbocycles. The molecule has 0 radical (unpaired) electrons. The summed E-state index contributed by atoms with van der Waals surface area (Å²) in [5.74, 6) is 3.10. The van der Waals surface area contributed by atoms with Crippen LogP contribution in [0.3, 0.4) is 0 Å². The van der Waals surface area contributed by atoms with Gasteiger partial charge in [-0.25, -0.2) is 0 Å². The van der Waals surface area contributed by atoms with Gasteiger partial charge in [0.1, 0.15) is 0 Å². The maximum atomic E-state index is 3.61. The zero-order chi connectivity index (χ0) is 14.2. The Bertz CT molecular complexity index is 507. The molecule has 114 valence electrons. The summed E-state index contributed by atoms with van der Waals surface area (Å²) >= 11 is 0. The van der Waals surface area contributed by atoms with Crippen LogP contribution in [0.1, 0.15) is 67.7 Å². The Balaban J connectivity index is 1.50. The molecule has 1 heteroatoms. The number of nitrogens with one attached hydrogen (secondary N) is 1. The van der Waals surface area contributed by atoms with Gasteiger partial charge in [0.25, 0.3) is 0 Å². The maximum Gasteiger partial charge on any atom is 0.0320 e. The lowest BCUT2D eigenvalue weighted by Gasteiger charge is -2.28. The fraction of sp³-hybridized carbons (Fsp3) is 0.700. The summed E-state index contributed by atoms with van der Waals surface area (Å²) in [4.78, 5) is 0. The van der Waals surface area contributed by atoms with Gasteiger partial charge < -0.3 is 5.32 Å². The largest absolute Gasteiger partial charge is 0.313 e. The Hall–Kier alpha value is -0.820. The molecule has 4 unspecified atom stereocenters. The highest BCUT2D eigenvalue weighted by Gasteiger charge is 2.40. The van der Waals surface area contributed by atoms with Crippen molar-refractivity contribution >= 4 is 0 Å². The number of aryl methyl sites for hydroxylation is 2. The molecule has 0 spiro atoms. The van der Waals surface area contributed by atoms with Gasteiger partial charge in [0.05, 0.1) is 0 Å². The summed E-state index contributed by atoms with van der Waals surface area (Å²) in [6.45, 7) is 0. The third-order valence-electron chi connectivity index (χ3n) is 6.55. The van der Waals surface area contributed by atoms with E-state index < -0.39 is 0 Å². The highest BCUT2D eigenvalue weighted by molar-refractivity contribution is 5.35. The molecule has 0 saturated heterocycles. The monoisotopic (exact) mass is 283 g/mol. The van der Waals surface area contributed by atoms with Crippen molar-refractivity contribution in [1.29, 1.82) is 0 Å². The molecule has 0 aromatic heterocycles. The van der Waals surface area contributed by atoms with Crippen molar-refractivity contribution < 1.29 is 0 Å².